The maximum Gasteiger partial charge on any atom is 0.261 e. The molecule has 31 heavy (non-hydrogen) atoms. The molecule has 2 aromatic rings. The van der Waals surface area contributed by atoms with Crippen LogP contribution in [0.15, 0.2) is 24.3 Å². The molecule has 1 aliphatic heterocycles. The van der Waals surface area contributed by atoms with E-state index >= 15 is 0 Å². The second-order valence-electron chi connectivity index (χ2n) is 8.18. The van der Waals surface area contributed by atoms with Crippen LogP contribution in [0.3, 0.4) is 0 Å². The summed E-state index contributed by atoms with van der Waals surface area (Å²) in [4.78, 5) is 28.1. The van der Waals surface area contributed by atoms with Crippen LogP contribution in [0.5, 0.6) is 11.5 Å². The zero-order valence-electron chi connectivity index (χ0n) is 19.2. The maximum atomic E-state index is 13.3. The molecule has 0 fully saturated rings. The summed E-state index contributed by atoms with van der Waals surface area (Å²) in [5, 5.41) is 1.34. The SMILES string of the molecule is CCOc1ccc2c3c(ccc(OCC)c13)C(=O)N(CC[N+](C)(C)CCSCC)C2=O. The van der Waals surface area contributed by atoms with Crippen molar-refractivity contribution in [3.05, 3.63) is 35.4 Å². The topological polar surface area (TPSA) is 55.8 Å². The average molecular weight is 446 g/mol. The molecular weight excluding hydrogens is 412 g/mol. The van der Waals surface area contributed by atoms with Crippen molar-refractivity contribution in [2.45, 2.75) is 20.8 Å². The molecule has 1 heterocycles. The lowest BCUT2D eigenvalue weighted by molar-refractivity contribution is -0.887. The average Bonchev–Trinajstić information content (AvgIpc) is 2.73. The molecule has 0 unspecified atom stereocenters. The first-order valence-corrected chi connectivity index (χ1v) is 12.1. The molecular formula is C24H33N2O4S+. The molecule has 2 aromatic carbocycles. The van der Waals surface area contributed by atoms with Gasteiger partial charge in [-0.2, -0.15) is 11.8 Å². The number of carbonyl (C=O) groups is 2. The van der Waals surface area contributed by atoms with E-state index < -0.39 is 0 Å². The smallest absolute Gasteiger partial charge is 0.261 e. The Kier molecular flexibility index (Phi) is 7.49. The Morgan fingerprint density at radius 1 is 0.839 bits per heavy atom. The molecule has 0 bridgehead atoms. The molecule has 0 saturated carbocycles. The van der Waals surface area contributed by atoms with E-state index in [1.165, 1.54) is 4.90 Å². The molecule has 0 atom stereocenters. The highest BCUT2D eigenvalue weighted by Crippen LogP contribution is 2.41. The lowest BCUT2D eigenvalue weighted by Crippen LogP contribution is -2.50. The second-order valence-corrected chi connectivity index (χ2v) is 9.57. The highest BCUT2D eigenvalue weighted by atomic mass is 32.2. The van der Waals surface area contributed by atoms with Gasteiger partial charge < -0.3 is 14.0 Å². The fourth-order valence-electron chi connectivity index (χ4n) is 3.87. The molecule has 2 amide bonds. The van der Waals surface area contributed by atoms with Gasteiger partial charge >= 0.3 is 0 Å². The first kappa shape index (κ1) is 23.4. The van der Waals surface area contributed by atoms with Crippen LogP contribution >= 0.6 is 11.8 Å². The van der Waals surface area contributed by atoms with Crippen molar-refractivity contribution < 1.29 is 23.5 Å². The van der Waals surface area contributed by atoms with Crippen LogP contribution < -0.4 is 9.47 Å². The summed E-state index contributed by atoms with van der Waals surface area (Å²) in [7, 11) is 4.29. The summed E-state index contributed by atoms with van der Waals surface area (Å²) in [6.45, 7) is 9.05. The van der Waals surface area contributed by atoms with Crippen molar-refractivity contribution in [1.82, 2.24) is 4.90 Å². The Bertz CT molecular complexity index is 913. The highest BCUT2D eigenvalue weighted by molar-refractivity contribution is 7.99. The van der Waals surface area contributed by atoms with Gasteiger partial charge in [-0.3, -0.25) is 14.5 Å². The van der Waals surface area contributed by atoms with E-state index in [-0.39, 0.29) is 11.8 Å². The number of carbonyl (C=O) groups excluding carboxylic acids is 2. The van der Waals surface area contributed by atoms with Crippen molar-refractivity contribution in [3.63, 3.8) is 0 Å². The van der Waals surface area contributed by atoms with Gasteiger partial charge in [-0.1, -0.05) is 6.92 Å². The quantitative estimate of drug-likeness (QED) is 0.297. The Labute approximate surface area is 189 Å². The summed E-state index contributed by atoms with van der Waals surface area (Å²) in [5.74, 6) is 2.92. The van der Waals surface area contributed by atoms with Crippen LogP contribution in [0.1, 0.15) is 41.5 Å². The van der Waals surface area contributed by atoms with E-state index in [1.54, 1.807) is 24.3 Å². The van der Waals surface area contributed by atoms with E-state index in [0.29, 0.717) is 59.7 Å². The summed E-state index contributed by atoms with van der Waals surface area (Å²) in [6, 6.07) is 7.15. The molecule has 0 radical (unpaired) electrons. The molecule has 7 heteroatoms. The second kappa shape index (κ2) is 9.92. The van der Waals surface area contributed by atoms with E-state index in [4.69, 9.17) is 9.47 Å². The maximum absolute atomic E-state index is 13.3. The molecule has 6 nitrogen and oxygen atoms in total. The number of benzene rings is 2. The first-order chi connectivity index (χ1) is 14.8. The number of ether oxygens (including phenoxy) is 2. The van der Waals surface area contributed by atoms with Crippen LogP contribution in [0.4, 0.5) is 0 Å². The molecule has 1 aliphatic rings. The Hall–Kier alpha value is -2.25. The third-order valence-corrected chi connectivity index (χ3v) is 6.49. The fraction of sp³-hybridized carbons (Fsp3) is 0.500. The number of hydrogen-bond donors (Lipinski definition) is 0. The van der Waals surface area contributed by atoms with E-state index in [2.05, 4.69) is 21.0 Å². The largest absolute Gasteiger partial charge is 0.493 e. The van der Waals surface area contributed by atoms with Gasteiger partial charge in [0.15, 0.2) is 0 Å². The van der Waals surface area contributed by atoms with Gasteiger partial charge in [-0.05, 0) is 43.9 Å². The molecule has 0 aliphatic carbocycles. The van der Waals surface area contributed by atoms with Crippen LogP contribution in [0.25, 0.3) is 10.8 Å². The number of rotatable bonds is 11. The van der Waals surface area contributed by atoms with Crippen molar-refractivity contribution >= 4 is 34.3 Å². The minimum atomic E-state index is -0.248. The van der Waals surface area contributed by atoms with Crippen molar-refractivity contribution in [3.8, 4) is 11.5 Å². The lowest BCUT2D eigenvalue weighted by atomic mass is 9.92. The van der Waals surface area contributed by atoms with Crippen LogP contribution in [-0.2, 0) is 0 Å². The molecule has 168 valence electrons. The number of hydrogen-bond acceptors (Lipinski definition) is 5. The zero-order chi connectivity index (χ0) is 22.6. The Morgan fingerprint density at radius 2 is 1.39 bits per heavy atom. The fourth-order valence-corrected chi connectivity index (χ4v) is 4.78. The van der Waals surface area contributed by atoms with Gasteiger partial charge in [0.1, 0.15) is 11.5 Å². The van der Waals surface area contributed by atoms with Crippen molar-refractivity contribution in [1.29, 1.82) is 0 Å². The number of quaternary nitrogens is 1. The van der Waals surface area contributed by atoms with E-state index in [1.807, 2.05) is 25.6 Å². The van der Waals surface area contributed by atoms with Crippen LogP contribution in [0, 0.1) is 0 Å². The van der Waals surface area contributed by atoms with E-state index in [0.717, 1.165) is 22.5 Å². The van der Waals surface area contributed by atoms with Gasteiger partial charge in [0.05, 0.1) is 52.3 Å². The third kappa shape index (κ3) is 4.83. The highest BCUT2D eigenvalue weighted by Gasteiger charge is 2.35. The third-order valence-electron chi connectivity index (χ3n) is 5.61. The van der Waals surface area contributed by atoms with Crippen molar-refractivity contribution in [2.24, 2.45) is 0 Å². The van der Waals surface area contributed by atoms with Gasteiger partial charge in [0, 0.05) is 22.3 Å². The summed E-state index contributed by atoms with van der Waals surface area (Å²) in [6.07, 6.45) is 0. The number of imide groups is 1. The van der Waals surface area contributed by atoms with Crippen LogP contribution in [-0.4, -0.2) is 79.6 Å². The van der Waals surface area contributed by atoms with Crippen LogP contribution in [0.2, 0.25) is 0 Å². The molecule has 0 spiro atoms. The van der Waals surface area contributed by atoms with Crippen molar-refractivity contribution in [2.75, 3.05) is 58.4 Å². The minimum Gasteiger partial charge on any atom is -0.493 e. The summed E-state index contributed by atoms with van der Waals surface area (Å²) in [5.41, 5.74) is 1.06. The molecule has 0 saturated heterocycles. The molecule has 0 N–H and O–H groups in total. The molecule has 3 rings (SSSR count). The number of thioether (sulfide) groups is 1. The Balaban J connectivity index is 1.96. The Morgan fingerprint density at radius 3 is 1.87 bits per heavy atom. The predicted octanol–water partition coefficient (Wildman–Crippen LogP) is 4.06. The standard InChI is InChI=1S/C24H33N2O4S/c1-6-29-19-11-9-17-21-18(10-12-20(22(19)21)30-7-2)24(28)25(23(17)27)13-14-26(4,5)15-16-31-8-3/h9-12H,6-8,13-16H2,1-5H3/q+1. The monoisotopic (exact) mass is 445 g/mol. The number of nitrogens with zero attached hydrogens (tertiary/aromatic N) is 2. The van der Waals surface area contributed by atoms with Gasteiger partial charge in [0.25, 0.3) is 11.8 Å². The lowest BCUT2D eigenvalue weighted by Gasteiger charge is -2.33. The van der Waals surface area contributed by atoms with Gasteiger partial charge in [-0.25, -0.2) is 0 Å². The molecule has 0 aromatic heterocycles. The number of likely N-dealkylation sites (N-methyl/N-ethyl adjacent to an activating group) is 1. The summed E-state index contributed by atoms with van der Waals surface area (Å²) < 4.78 is 12.4. The van der Waals surface area contributed by atoms with Gasteiger partial charge in [0.2, 0.25) is 0 Å². The first-order valence-electron chi connectivity index (χ1n) is 11.0. The predicted molar refractivity (Wildman–Crippen MR) is 126 cm³/mol. The van der Waals surface area contributed by atoms with Gasteiger partial charge in [-0.15, -0.1) is 0 Å². The van der Waals surface area contributed by atoms with E-state index in [9.17, 15) is 9.59 Å². The minimum absolute atomic E-state index is 0.248. The normalized spacial score (nSPS) is 13.8. The zero-order valence-corrected chi connectivity index (χ0v) is 20.0. The summed E-state index contributed by atoms with van der Waals surface area (Å²) >= 11 is 1.91. The number of amides is 2.